The highest BCUT2D eigenvalue weighted by molar-refractivity contribution is 6.21. The second-order valence-corrected chi connectivity index (χ2v) is 3.27. The summed E-state index contributed by atoms with van der Waals surface area (Å²) in [6, 6.07) is 7.85. The fourth-order valence-electron chi connectivity index (χ4n) is 1.35. The van der Waals surface area contributed by atoms with Gasteiger partial charge in [-0.05, 0) is 13.1 Å². The van der Waals surface area contributed by atoms with Gasteiger partial charge in [-0.3, -0.25) is 0 Å². The van der Waals surface area contributed by atoms with Gasteiger partial charge in [0.15, 0.2) is 0 Å². The Labute approximate surface area is 81.5 Å². The van der Waals surface area contributed by atoms with Crippen molar-refractivity contribution in [2.75, 3.05) is 7.05 Å². The van der Waals surface area contributed by atoms with E-state index in [-0.39, 0.29) is 5.50 Å². The first-order valence-electron chi connectivity index (χ1n) is 4.10. The van der Waals surface area contributed by atoms with Crippen LogP contribution in [0.15, 0.2) is 34.9 Å². The predicted molar refractivity (Wildman–Crippen MR) is 53.9 cm³/mol. The fourth-order valence-corrected chi connectivity index (χ4v) is 1.52. The van der Waals surface area contributed by atoms with Crippen LogP contribution in [0.2, 0.25) is 0 Å². The minimum absolute atomic E-state index is 0.191. The molecule has 1 heterocycles. The lowest BCUT2D eigenvalue weighted by Gasteiger charge is -2.04. The van der Waals surface area contributed by atoms with Crippen LogP contribution < -0.4 is 5.32 Å². The van der Waals surface area contributed by atoms with Gasteiger partial charge in [-0.2, -0.15) is 0 Å². The number of hydrogen-bond acceptors (Lipinski definition) is 2. The van der Waals surface area contributed by atoms with Gasteiger partial charge in [0.2, 0.25) is 0 Å². The summed E-state index contributed by atoms with van der Waals surface area (Å²) in [7, 11) is 1.82. The van der Waals surface area contributed by atoms with Crippen LogP contribution >= 0.6 is 11.6 Å². The molecule has 68 valence electrons. The lowest BCUT2D eigenvalue weighted by molar-refractivity contribution is 0.605. The zero-order chi connectivity index (χ0) is 9.26. The lowest BCUT2D eigenvalue weighted by atomic mass is 10.2. The molecule has 2 nitrogen and oxygen atoms in total. The number of halogens is 1. The van der Waals surface area contributed by atoms with Gasteiger partial charge < -0.3 is 9.73 Å². The maximum absolute atomic E-state index is 6.04. The number of nitrogens with one attached hydrogen (secondary N) is 1. The number of para-hydroxylation sites is 1. The van der Waals surface area contributed by atoms with E-state index in [1.807, 2.05) is 31.3 Å². The number of alkyl halides is 1. The number of rotatable bonds is 2. The highest BCUT2D eigenvalue weighted by Crippen LogP contribution is 2.27. The molecule has 13 heavy (non-hydrogen) atoms. The summed E-state index contributed by atoms with van der Waals surface area (Å²) in [5.41, 5.74) is 1.67. The van der Waals surface area contributed by atoms with Gasteiger partial charge in [0.05, 0.1) is 6.26 Å². The van der Waals surface area contributed by atoms with E-state index in [1.165, 1.54) is 0 Å². The summed E-state index contributed by atoms with van der Waals surface area (Å²) in [6.07, 6.45) is 1.69. The molecule has 2 rings (SSSR count). The lowest BCUT2D eigenvalue weighted by Crippen LogP contribution is -2.08. The summed E-state index contributed by atoms with van der Waals surface area (Å²) in [6.45, 7) is 0. The topological polar surface area (TPSA) is 25.2 Å². The van der Waals surface area contributed by atoms with Crippen LogP contribution in [0.1, 0.15) is 11.1 Å². The Hall–Kier alpha value is -0.990. The zero-order valence-corrected chi connectivity index (χ0v) is 8.01. The van der Waals surface area contributed by atoms with Gasteiger partial charge in [0.1, 0.15) is 11.1 Å². The molecule has 0 amide bonds. The largest absolute Gasteiger partial charge is 0.464 e. The van der Waals surface area contributed by atoms with E-state index >= 15 is 0 Å². The summed E-state index contributed by atoms with van der Waals surface area (Å²) in [4.78, 5) is 0. The third-order valence-corrected chi connectivity index (χ3v) is 2.49. The van der Waals surface area contributed by atoms with Gasteiger partial charge in [-0.25, -0.2) is 0 Å². The molecule has 0 bridgehead atoms. The van der Waals surface area contributed by atoms with E-state index in [1.54, 1.807) is 6.26 Å². The van der Waals surface area contributed by atoms with Crippen LogP contribution in [0.3, 0.4) is 0 Å². The fraction of sp³-hybridized carbons (Fsp3) is 0.200. The smallest absolute Gasteiger partial charge is 0.134 e. The third-order valence-electron chi connectivity index (χ3n) is 2.04. The van der Waals surface area contributed by atoms with Gasteiger partial charge in [0.25, 0.3) is 0 Å². The monoisotopic (exact) mass is 195 g/mol. The molecule has 3 heteroatoms. The minimum Gasteiger partial charge on any atom is -0.464 e. The second kappa shape index (κ2) is 3.40. The first kappa shape index (κ1) is 8.60. The molecule has 0 saturated carbocycles. The number of fused-ring (bicyclic) bond motifs is 1. The first-order chi connectivity index (χ1) is 6.33. The number of furan rings is 1. The van der Waals surface area contributed by atoms with Gasteiger partial charge in [0, 0.05) is 10.9 Å². The molecular weight excluding hydrogens is 186 g/mol. The van der Waals surface area contributed by atoms with E-state index < -0.39 is 0 Å². The standard InChI is InChI=1S/C10H10ClNO/c1-12-10(11)8-6-13-9-5-3-2-4-7(8)9/h2-6,10,12H,1H3. The molecule has 1 aromatic heterocycles. The van der Waals surface area contributed by atoms with Gasteiger partial charge in [-0.1, -0.05) is 18.2 Å². The SMILES string of the molecule is CNC(Cl)c1coc2ccccc12. The number of benzene rings is 1. The maximum Gasteiger partial charge on any atom is 0.134 e. The Morgan fingerprint density at radius 2 is 2.15 bits per heavy atom. The van der Waals surface area contributed by atoms with Crippen LogP contribution in [0.4, 0.5) is 0 Å². The predicted octanol–water partition coefficient (Wildman–Crippen LogP) is 2.89. The quantitative estimate of drug-likeness (QED) is 0.589. The van der Waals surface area contributed by atoms with E-state index in [2.05, 4.69) is 5.32 Å². The molecule has 0 saturated heterocycles. The van der Waals surface area contributed by atoms with Gasteiger partial charge >= 0.3 is 0 Å². The van der Waals surface area contributed by atoms with Crippen molar-refractivity contribution in [3.63, 3.8) is 0 Å². The van der Waals surface area contributed by atoms with Crippen molar-refractivity contribution in [1.29, 1.82) is 0 Å². The van der Waals surface area contributed by atoms with E-state index in [0.29, 0.717) is 0 Å². The Morgan fingerprint density at radius 3 is 2.92 bits per heavy atom. The minimum atomic E-state index is -0.191. The molecular formula is C10H10ClNO. The average Bonchev–Trinajstić information content (AvgIpc) is 2.60. The van der Waals surface area contributed by atoms with Crippen molar-refractivity contribution in [2.24, 2.45) is 0 Å². The van der Waals surface area contributed by atoms with Crippen molar-refractivity contribution < 1.29 is 4.42 Å². The maximum atomic E-state index is 6.04. The molecule has 1 atom stereocenters. The molecule has 1 unspecified atom stereocenters. The molecule has 0 aliphatic heterocycles. The highest BCUT2D eigenvalue weighted by atomic mass is 35.5. The molecule has 1 aromatic carbocycles. The van der Waals surface area contributed by atoms with Crippen LogP contribution in [0, 0.1) is 0 Å². The molecule has 0 aliphatic rings. The van der Waals surface area contributed by atoms with Crippen molar-refractivity contribution >= 4 is 22.6 Å². The van der Waals surface area contributed by atoms with Crippen LogP contribution in [-0.2, 0) is 0 Å². The van der Waals surface area contributed by atoms with Crippen molar-refractivity contribution in [2.45, 2.75) is 5.50 Å². The van der Waals surface area contributed by atoms with Crippen LogP contribution in [0.25, 0.3) is 11.0 Å². The Morgan fingerprint density at radius 1 is 1.38 bits per heavy atom. The van der Waals surface area contributed by atoms with E-state index in [9.17, 15) is 0 Å². The molecule has 0 fully saturated rings. The van der Waals surface area contributed by atoms with Gasteiger partial charge in [-0.15, -0.1) is 11.6 Å². The molecule has 1 N–H and O–H groups in total. The van der Waals surface area contributed by atoms with Crippen molar-refractivity contribution in [3.8, 4) is 0 Å². The molecule has 2 aromatic rings. The summed E-state index contributed by atoms with van der Waals surface area (Å²) >= 11 is 6.04. The van der Waals surface area contributed by atoms with Crippen LogP contribution in [0.5, 0.6) is 0 Å². The molecule has 0 aliphatic carbocycles. The summed E-state index contributed by atoms with van der Waals surface area (Å²) in [5, 5.41) is 4.03. The Bertz CT molecular complexity index is 410. The zero-order valence-electron chi connectivity index (χ0n) is 7.25. The third kappa shape index (κ3) is 1.43. The van der Waals surface area contributed by atoms with E-state index in [4.69, 9.17) is 16.0 Å². The second-order valence-electron chi connectivity index (χ2n) is 2.84. The number of hydrogen-bond donors (Lipinski definition) is 1. The Balaban J connectivity index is 2.57. The van der Waals surface area contributed by atoms with Crippen molar-refractivity contribution in [1.82, 2.24) is 5.32 Å². The summed E-state index contributed by atoms with van der Waals surface area (Å²) in [5.74, 6) is 0. The first-order valence-corrected chi connectivity index (χ1v) is 4.54. The highest BCUT2D eigenvalue weighted by Gasteiger charge is 2.11. The van der Waals surface area contributed by atoms with Crippen LogP contribution in [-0.4, -0.2) is 7.05 Å². The normalized spacial score (nSPS) is 13.4. The summed E-state index contributed by atoms with van der Waals surface area (Å²) < 4.78 is 5.35. The average molecular weight is 196 g/mol. The molecule has 0 radical (unpaired) electrons. The molecule has 0 spiro atoms. The Kier molecular flexibility index (Phi) is 2.25. The van der Waals surface area contributed by atoms with E-state index in [0.717, 1.165) is 16.5 Å². The van der Waals surface area contributed by atoms with Crippen molar-refractivity contribution in [3.05, 3.63) is 36.1 Å².